The lowest BCUT2D eigenvalue weighted by molar-refractivity contribution is -0.631. The zero-order valence-corrected chi connectivity index (χ0v) is 42.7. The maximum absolute atomic E-state index is 14.5. The maximum atomic E-state index is 14.5. The summed E-state index contributed by atoms with van der Waals surface area (Å²) in [4.78, 5) is 72.3. The molecule has 2 bridgehead atoms. The van der Waals surface area contributed by atoms with Gasteiger partial charge in [-0.3, -0.25) is 19.2 Å². The van der Waals surface area contributed by atoms with E-state index in [4.69, 9.17) is 23.7 Å². The van der Waals surface area contributed by atoms with E-state index in [9.17, 15) is 34.2 Å². The molecular weight excluding hydrogens is 887 g/mol. The first-order valence-electron chi connectivity index (χ1n) is 25.2. The molecule has 0 radical (unpaired) electrons. The van der Waals surface area contributed by atoms with E-state index in [-0.39, 0.29) is 60.9 Å². The van der Waals surface area contributed by atoms with E-state index in [0.717, 1.165) is 18.4 Å². The number of cyclic esters (lactones) is 1. The Morgan fingerprint density at radius 1 is 0.899 bits per heavy atom. The highest BCUT2D eigenvalue weighted by atomic mass is 16.6. The summed E-state index contributed by atoms with van der Waals surface area (Å²) in [5.41, 5.74) is 1.27. The molecule has 2 saturated heterocycles. The molecule has 15 atom stereocenters. The van der Waals surface area contributed by atoms with Crippen molar-refractivity contribution in [1.82, 2.24) is 4.90 Å². The first-order chi connectivity index (χ1) is 32.8. The lowest BCUT2D eigenvalue weighted by atomic mass is 9.77. The lowest BCUT2D eigenvalue weighted by Crippen LogP contribution is -2.61. The number of esters is 1. The Kier molecular flexibility index (Phi) is 20.9. The van der Waals surface area contributed by atoms with Crippen molar-refractivity contribution in [3.63, 3.8) is 0 Å². The normalized spacial score (nSPS) is 37.2. The Hall–Kier alpha value is -4.13. The van der Waals surface area contributed by atoms with Crippen LogP contribution in [-0.2, 0) is 47.7 Å². The summed E-state index contributed by atoms with van der Waals surface area (Å²) >= 11 is 0. The average molecular weight is 967 g/mol. The number of ketones is 3. The third-order valence-corrected chi connectivity index (χ3v) is 15.3. The number of Topliss-reactive ketones (excluding diaryl/α,β-unsaturated/α-hetero) is 3. The maximum Gasteiger partial charge on any atom is 0.329 e. The summed E-state index contributed by atoms with van der Waals surface area (Å²) in [6.45, 7) is 13.2. The Morgan fingerprint density at radius 3 is 2.33 bits per heavy atom. The van der Waals surface area contributed by atoms with Gasteiger partial charge in [0.2, 0.25) is 17.7 Å². The van der Waals surface area contributed by atoms with Crippen molar-refractivity contribution in [2.45, 2.75) is 180 Å². The monoisotopic (exact) mass is 967 g/mol. The molecule has 17 nitrogen and oxygen atoms in total. The molecule has 5 rings (SSSR count). The molecule has 4 aliphatic heterocycles. The van der Waals surface area contributed by atoms with Gasteiger partial charge in [-0.25, -0.2) is 4.79 Å². The molecule has 0 aromatic rings. The van der Waals surface area contributed by atoms with Crippen molar-refractivity contribution in [3.05, 3.63) is 47.6 Å². The predicted molar refractivity (Wildman–Crippen MR) is 255 cm³/mol. The third kappa shape index (κ3) is 14.3. The SMILES string of the molecule is CO[C@H]1C[C@@H]2CC[C@@H](C)[C@@](O)(O2)C(=O)C(=O)N2CCCCC2C(=O)O[C@H]([C@H](C)C[C@@H]2CC[C@@H]([N+]3=NN=NC3)[C@H](OC)C2)CC(=O)[C@H](C)C=C(C)[C@@H](O)[C@@H](OC)C(=O)[C@@H](C)C[C@H](C)C=CC=CC=C1C. The number of fused-ring (bicyclic) bond motifs is 3. The summed E-state index contributed by atoms with van der Waals surface area (Å²) in [5, 5.41) is 35.4. The molecule has 1 amide bonds. The van der Waals surface area contributed by atoms with E-state index in [1.54, 1.807) is 41.1 Å². The Labute approximate surface area is 408 Å². The second-order valence-electron chi connectivity index (χ2n) is 20.5. The van der Waals surface area contributed by atoms with Gasteiger partial charge < -0.3 is 38.8 Å². The van der Waals surface area contributed by atoms with Crippen molar-refractivity contribution in [2.75, 3.05) is 34.5 Å². The molecule has 69 heavy (non-hydrogen) atoms. The molecule has 0 aromatic carbocycles. The molecule has 0 spiro atoms. The van der Waals surface area contributed by atoms with Crippen molar-refractivity contribution < 1.29 is 62.6 Å². The van der Waals surface area contributed by atoms with Gasteiger partial charge in [0, 0.05) is 58.5 Å². The molecule has 4 heterocycles. The smallest absolute Gasteiger partial charge is 0.329 e. The van der Waals surface area contributed by atoms with Gasteiger partial charge in [0.1, 0.15) is 36.2 Å². The number of piperidine rings is 1. The van der Waals surface area contributed by atoms with Crippen LogP contribution in [0.15, 0.2) is 63.2 Å². The zero-order chi connectivity index (χ0) is 50.6. The van der Waals surface area contributed by atoms with Crippen LogP contribution in [0.5, 0.6) is 0 Å². The molecule has 3 fully saturated rings. The number of hydrogen-bond acceptors (Lipinski definition) is 15. The number of aliphatic hydroxyl groups excluding tert-OH is 1. The van der Waals surface area contributed by atoms with Crippen LogP contribution in [0.1, 0.15) is 126 Å². The topological polar surface area (TPSA) is 215 Å². The summed E-state index contributed by atoms with van der Waals surface area (Å²) < 4.78 is 31.7. The van der Waals surface area contributed by atoms with E-state index in [1.165, 1.54) is 12.0 Å². The fraction of sp³-hybridized carbons (Fsp3) is 0.750. The molecule has 1 aliphatic carbocycles. The Bertz CT molecular complexity index is 2000. The zero-order valence-electron chi connectivity index (χ0n) is 42.7. The van der Waals surface area contributed by atoms with Crippen LogP contribution in [0.4, 0.5) is 0 Å². The van der Waals surface area contributed by atoms with Crippen LogP contribution in [0.25, 0.3) is 0 Å². The highest BCUT2D eigenvalue weighted by molar-refractivity contribution is 6.39. The third-order valence-electron chi connectivity index (χ3n) is 15.3. The second-order valence-corrected chi connectivity index (χ2v) is 20.5. The van der Waals surface area contributed by atoms with Gasteiger partial charge in [-0.15, -0.1) is 4.70 Å². The van der Waals surface area contributed by atoms with Gasteiger partial charge >= 0.3 is 5.97 Å². The summed E-state index contributed by atoms with van der Waals surface area (Å²) in [6.07, 6.45) is 12.5. The van der Waals surface area contributed by atoms with E-state index in [1.807, 2.05) is 62.8 Å². The molecule has 1 saturated carbocycles. The van der Waals surface area contributed by atoms with Crippen molar-refractivity contribution in [1.29, 1.82) is 0 Å². The second kappa shape index (κ2) is 25.8. The molecule has 1 unspecified atom stereocenters. The molecule has 0 aromatic heterocycles. The van der Waals surface area contributed by atoms with E-state index < -0.39 is 77.8 Å². The summed E-state index contributed by atoms with van der Waals surface area (Å²) in [6, 6.07) is -1.14. The van der Waals surface area contributed by atoms with E-state index in [2.05, 4.69) is 15.6 Å². The summed E-state index contributed by atoms with van der Waals surface area (Å²) in [7, 11) is 4.64. The van der Waals surface area contributed by atoms with Crippen LogP contribution in [-0.4, -0.2) is 138 Å². The molecule has 2 N–H and O–H groups in total. The first-order valence-corrected chi connectivity index (χ1v) is 25.2. The van der Waals surface area contributed by atoms with E-state index in [0.29, 0.717) is 63.6 Å². The molecular formula is C52H80N5O12+. The minimum absolute atomic E-state index is 0.00382. The lowest BCUT2D eigenvalue weighted by Gasteiger charge is -2.42. The molecule has 384 valence electrons. The number of hydrogen-bond donors (Lipinski definition) is 2. The number of rotatable bonds is 7. The van der Waals surface area contributed by atoms with Crippen molar-refractivity contribution >= 4 is 29.2 Å². The largest absolute Gasteiger partial charge is 0.460 e. The van der Waals surface area contributed by atoms with Crippen LogP contribution in [0.2, 0.25) is 0 Å². The first kappa shape index (κ1) is 55.8. The number of methoxy groups -OCH3 is 3. The number of allylic oxidation sites excluding steroid dienone is 6. The highest BCUT2D eigenvalue weighted by Crippen LogP contribution is 2.38. The standard InChI is InChI=1S/C52H80N5O12/c1-31-16-12-11-13-17-32(2)43(65-8)28-39-21-19-37(7)52(64,69-39)49(61)50(62)56-23-15-14-18-41(56)51(63)68-44(34(4)26-38-20-22-40(45(27-38)66-9)57-30-53-54-55-57)29-42(58)33(3)25-36(6)47(60)48(67-10)46(59)35(5)24-31/h11-13,16-17,25,31,33-35,37-41,43-45,47-48,60,64H,14-15,18-24,26-30H2,1-10H3/q+1/t31-,33-,34-,35+,37-,38+,39+,40-,41?,43+,44+,45-,47-,48+,52-/m1/s1. The molecule has 17 heteroatoms. The van der Waals surface area contributed by atoms with Gasteiger partial charge in [0.15, 0.2) is 11.0 Å². The Balaban J connectivity index is 1.46. The fourth-order valence-corrected chi connectivity index (χ4v) is 10.8. The number of nitrogens with zero attached hydrogens (tertiary/aromatic N) is 5. The van der Waals surface area contributed by atoms with Crippen molar-refractivity contribution in [2.24, 2.45) is 51.1 Å². The van der Waals surface area contributed by atoms with Gasteiger partial charge in [0.05, 0.1) is 18.3 Å². The quantitative estimate of drug-likeness (QED) is 0.114. The Morgan fingerprint density at radius 2 is 1.65 bits per heavy atom. The van der Waals surface area contributed by atoms with Crippen LogP contribution in [0.3, 0.4) is 0 Å². The number of carbonyl (C=O) groups excluding carboxylic acids is 5. The number of carbonyl (C=O) groups is 5. The van der Waals surface area contributed by atoms with E-state index >= 15 is 0 Å². The van der Waals surface area contributed by atoms with Crippen LogP contribution in [0, 0.1) is 35.5 Å². The van der Waals surface area contributed by atoms with Gasteiger partial charge in [-0.05, 0) is 112 Å². The van der Waals surface area contributed by atoms with Crippen LogP contribution < -0.4 is 0 Å². The van der Waals surface area contributed by atoms with Gasteiger partial charge in [-0.2, -0.15) is 0 Å². The minimum atomic E-state index is -2.43. The van der Waals surface area contributed by atoms with Crippen molar-refractivity contribution in [3.8, 4) is 0 Å². The number of amides is 1. The number of aliphatic hydroxyl groups is 2. The average Bonchev–Trinajstić information content (AvgIpc) is 3.88. The predicted octanol–water partition coefficient (Wildman–Crippen LogP) is 6.99. The number of ether oxygens (including phenoxy) is 5. The highest BCUT2D eigenvalue weighted by Gasteiger charge is 2.53. The fourth-order valence-electron chi connectivity index (χ4n) is 10.8. The van der Waals surface area contributed by atoms with Gasteiger partial charge in [-0.1, -0.05) is 71.1 Å². The van der Waals surface area contributed by atoms with Crippen LogP contribution >= 0.6 is 0 Å². The summed E-state index contributed by atoms with van der Waals surface area (Å²) in [5.74, 6) is -7.87. The van der Waals surface area contributed by atoms with Gasteiger partial charge in [0.25, 0.3) is 11.7 Å². The minimum Gasteiger partial charge on any atom is -0.460 e. The molecule has 5 aliphatic rings.